The van der Waals surface area contributed by atoms with Crippen LogP contribution in [0, 0.1) is 0 Å². The van der Waals surface area contributed by atoms with Crippen LogP contribution in [-0.4, -0.2) is 21.6 Å². The van der Waals surface area contributed by atoms with Gasteiger partial charge in [0.15, 0.2) is 0 Å². The minimum absolute atomic E-state index is 0.247. The Bertz CT molecular complexity index is 805. The van der Waals surface area contributed by atoms with E-state index in [1.54, 1.807) is 19.3 Å². The summed E-state index contributed by atoms with van der Waals surface area (Å²) >= 11 is 0. The number of hydrogen-bond acceptors (Lipinski definition) is 3. The van der Waals surface area contributed by atoms with Gasteiger partial charge in [-0.05, 0) is 25.1 Å². The molecule has 0 radical (unpaired) electrons. The molecule has 21 heavy (non-hydrogen) atoms. The van der Waals surface area contributed by atoms with Crippen molar-refractivity contribution in [2.75, 3.05) is 0 Å². The predicted molar refractivity (Wildman–Crippen MR) is 82.2 cm³/mol. The highest BCUT2D eigenvalue weighted by atomic mass is 16.2. The standard InChI is InChI=1S/C16H14N4O/c1-11(14-7-4-5-9-17-14)19-20-16(21)13-10-18-15-8-3-2-6-12(13)15/h2-10,18H,1H3,(H,20,21)/b19-11-. The highest BCUT2D eigenvalue weighted by Crippen LogP contribution is 2.17. The number of hydrazone groups is 1. The molecule has 0 aliphatic heterocycles. The second-order valence-corrected chi connectivity index (χ2v) is 4.60. The average molecular weight is 278 g/mol. The molecule has 5 nitrogen and oxygen atoms in total. The van der Waals surface area contributed by atoms with Crippen molar-refractivity contribution in [3.8, 4) is 0 Å². The fraction of sp³-hybridized carbons (Fsp3) is 0.0625. The van der Waals surface area contributed by atoms with Crippen LogP contribution in [0.15, 0.2) is 60.0 Å². The van der Waals surface area contributed by atoms with E-state index >= 15 is 0 Å². The number of hydrogen-bond donors (Lipinski definition) is 2. The molecule has 3 rings (SSSR count). The third-order valence-corrected chi connectivity index (χ3v) is 3.19. The van der Waals surface area contributed by atoms with E-state index < -0.39 is 0 Å². The van der Waals surface area contributed by atoms with Crippen molar-refractivity contribution in [3.63, 3.8) is 0 Å². The van der Waals surface area contributed by atoms with E-state index in [0.29, 0.717) is 11.3 Å². The summed E-state index contributed by atoms with van der Waals surface area (Å²) in [6.07, 6.45) is 3.38. The van der Waals surface area contributed by atoms with E-state index in [1.807, 2.05) is 42.5 Å². The van der Waals surface area contributed by atoms with Gasteiger partial charge in [-0.2, -0.15) is 5.10 Å². The number of fused-ring (bicyclic) bond motifs is 1. The molecule has 1 amide bonds. The Morgan fingerprint density at radius 2 is 2.00 bits per heavy atom. The van der Waals surface area contributed by atoms with Crippen LogP contribution in [0.1, 0.15) is 23.0 Å². The molecule has 0 unspecified atom stereocenters. The third-order valence-electron chi connectivity index (χ3n) is 3.19. The molecule has 2 heterocycles. The Morgan fingerprint density at radius 3 is 2.81 bits per heavy atom. The average Bonchev–Trinajstić information content (AvgIpc) is 2.97. The lowest BCUT2D eigenvalue weighted by Gasteiger charge is -2.01. The lowest BCUT2D eigenvalue weighted by molar-refractivity contribution is 0.0956. The Morgan fingerprint density at radius 1 is 1.19 bits per heavy atom. The number of aromatic nitrogens is 2. The number of benzene rings is 1. The first kappa shape index (κ1) is 13.1. The summed E-state index contributed by atoms with van der Waals surface area (Å²) in [4.78, 5) is 19.4. The molecule has 2 aromatic heterocycles. The van der Waals surface area contributed by atoms with Gasteiger partial charge in [-0.3, -0.25) is 9.78 Å². The van der Waals surface area contributed by atoms with E-state index in [4.69, 9.17) is 0 Å². The monoisotopic (exact) mass is 278 g/mol. The molecular formula is C16H14N4O. The number of amides is 1. The smallest absolute Gasteiger partial charge is 0.273 e. The number of aromatic amines is 1. The Kier molecular flexibility index (Phi) is 3.47. The number of nitrogens with one attached hydrogen (secondary N) is 2. The first-order chi connectivity index (χ1) is 10.3. The second-order valence-electron chi connectivity index (χ2n) is 4.60. The summed E-state index contributed by atoms with van der Waals surface area (Å²) in [5.74, 6) is -0.247. The molecule has 5 heteroatoms. The first-order valence-electron chi connectivity index (χ1n) is 6.58. The SMILES string of the molecule is C/C(=N/NC(=O)c1c[nH]c2ccccc12)c1ccccn1. The lowest BCUT2D eigenvalue weighted by Crippen LogP contribution is -2.19. The molecule has 104 valence electrons. The number of carbonyl (C=O) groups is 1. The summed E-state index contributed by atoms with van der Waals surface area (Å²) in [6.45, 7) is 1.80. The van der Waals surface area contributed by atoms with E-state index in [2.05, 4.69) is 20.5 Å². The van der Waals surface area contributed by atoms with Crippen molar-refractivity contribution in [1.82, 2.24) is 15.4 Å². The van der Waals surface area contributed by atoms with Crippen LogP contribution in [0.5, 0.6) is 0 Å². The summed E-state index contributed by atoms with van der Waals surface area (Å²) < 4.78 is 0. The normalized spacial score (nSPS) is 11.6. The van der Waals surface area contributed by atoms with Crippen LogP contribution in [0.25, 0.3) is 10.9 Å². The van der Waals surface area contributed by atoms with Crippen molar-refractivity contribution in [1.29, 1.82) is 0 Å². The number of pyridine rings is 1. The van der Waals surface area contributed by atoms with Gasteiger partial charge in [-0.15, -0.1) is 0 Å². The van der Waals surface area contributed by atoms with E-state index in [9.17, 15) is 4.79 Å². The molecule has 0 fully saturated rings. The minimum Gasteiger partial charge on any atom is -0.360 e. The molecule has 0 aliphatic carbocycles. The van der Waals surface area contributed by atoms with Crippen LogP contribution < -0.4 is 5.43 Å². The Balaban J connectivity index is 1.81. The van der Waals surface area contributed by atoms with Gasteiger partial charge in [0.1, 0.15) is 0 Å². The molecule has 1 aromatic carbocycles. The molecule has 0 saturated carbocycles. The fourth-order valence-corrected chi connectivity index (χ4v) is 2.09. The van der Waals surface area contributed by atoms with E-state index in [1.165, 1.54) is 0 Å². The highest BCUT2D eigenvalue weighted by molar-refractivity contribution is 6.07. The van der Waals surface area contributed by atoms with Gasteiger partial charge < -0.3 is 4.98 Å². The quantitative estimate of drug-likeness (QED) is 0.571. The molecule has 0 atom stereocenters. The molecule has 0 bridgehead atoms. The van der Waals surface area contributed by atoms with Gasteiger partial charge in [0.25, 0.3) is 5.91 Å². The zero-order valence-electron chi connectivity index (χ0n) is 11.5. The number of para-hydroxylation sites is 1. The van der Waals surface area contributed by atoms with Crippen molar-refractivity contribution in [2.24, 2.45) is 5.10 Å². The minimum atomic E-state index is -0.247. The third kappa shape index (κ3) is 2.67. The Hall–Kier alpha value is -2.95. The Labute approximate surface area is 121 Å². The number of rotatable bonds is 3. The second kappa shape index (κ2) is 5.58. The maximum absolute atomic E-state index is 12.2. The summed E-state index contributed by atoms with van der Waals surface area (Å²) in [5.41, 5.74) is 5.45. The van der Waals surface area contributed by atoms with Crippen LogP contribution in [0.3, 0.4) is 0 Å². The lowest BCUT2D eigenvalue weighted by atomic mass is 10.2. The van der Waals surface area contributed by atoms with Crippen LogP contribution in [0.4, 0.5) is 0 Å². The van der Waals surface area contributed by atoms with Gasteiger partial charge in [-0.1, -0.05) is 24.3 Å². The molecule has 2 N–H and O–H groups in total. The largest absolute Gasteiger partial charge is 0.360 e. The topological polar surface area (TPSA) is 70.1 Å². The summed E-state index contributed by atoms with van der Waals surface area (Å²) in [7, 11) is 0. The molecule has 0 aliphatic rings. The fourth-order valence-electron chi connectivity index (χ4n) is 2.09. The maximum atomic E-state index is 12.2. The zero-order chi connectivity index (χ0) is 14.7. The van der Waals surface area contributed by atoms with Crippen molar-refractivity contribution in [3.05, 3.63) is 66.1 Å². The van der Waals surface area contributed by atoms with Gasteiger partial charge in [0.2, 0.25) is 0 Å². The van der Waals surface area contributed by atoms with Crippen molar-refractivity contribution in [2.45, 2.75) is 6.92 Å². The number of nitrogens with zero attached hydrogens (tertiary/aromatic N) is 2. The van der Waals surface area contributed by atoms with Crippen molar-refractivity contribution >= 4 is 22.5 Å². The summed E-state index contributed by atoms with van der Waals surface area (Å²) in [6, 6.07) is 13.2. The van der Waals surface area contributed by atoms with Crippen LogP contribution in [0.2, 0.25) is 0 Å². The molecule has 3 aromatic rings. The van der Waals surface area contributed by atoms with Gasteiger partial charge >= 0.3 is 0 Å². The summed E-state index contributed by atoms with van der Waals surface area (Å²) in [5, 5.41) is 4.97. The predicted octanol–water partition coefficient (Wildman–Crippen LogP) is 2.72. The van der Waals surface area contributed by atoms with Gasteiger partial charge in [0.05, 0.1) is 17.0 Å². The molecule has 0 spiro atoms. The van der Waals surface area contributed by atoms with E-state index in [0.717, 1.165) is 16.6 Å². The number of H-pyrrole nitrogens is 1. The van der Waals surface area contributed by atoms with E-state index in [-0.39, 0.29) is 5.91 Å². The highest BCUT2D eigenvalue weighted by Gasteiger charge is 2.11. The van der Waals surface area contributed by atoms with Gasteiger partial charge in [0, 0.05) is 23.3 Å². The zero-order valence-corrected chi connectivity index (χ0v) is 11.5. The molecule has 0 saturated heterocycles. The van der Waals surface area contributed by atoms with Crippen LogP contribution >= 0.6 is 0 Å². The van der Waals surface area contributed by atoms with Crippen molar-refractivity contribution < 1.29 is 4.79 Å². The molecular weight excluding hydrogens is 264 g/mol. The maximum Gasteiger partial charge on any atom is 0.273 e. The number of carbonyl (C=O) groups excluding carboxylic acids is 1. The van der Waals surface area contributed by atoms with Gasteiger partial charge in [-0.25, -0.2) is 5.43 Å². The first-order valence-corrected chi connectivity index (χ1v) is 6.58. The van der Waals surface area contributed by atoms with Crippen LogP contribution in [-0.2, 0) is 0 Å².